The summed E-state index contributed by atoms with van der Waals surface area (Å²) in [6.45, 7) is 7.48. The predicted octanol–water partition coefficient (Wildman–Crippen LogP) is 3.72. The molecule has 0 amide bonds. The van der Waals surface area contributed by atoms with Crippen molar-refractivity contribution in [2.75, 3.05) is 38.5 Å². The summed E-state index contributed by atoms with van der Waals surface area (Å²) >= 11 is 0. The van der Waals surface area contributed by atoms with E-state index in [-0.39, 0.29) is 0 Å². The van der Waals surface area contributed by atoms with Gasteiger partial charge in [-0.05, 0) is 49.4 Å². The molecule has 0 saturated carbocycles. The van der Waals surface area contributed by atoms with Crippen LogP contribution in [0.4, 0.5) is 11.6 Å². The van der Waals surface area contributed by atoms with Gasteiger partial charge in [0.2, 0.25) is 0 Å². The van der Waals surface area contributed by atoms with Crippen LogP contribution in [0.5, 0.6) is 0 Å². The van der Waals surface area contributed by atoms with Gasteiger partial charge in [-0.15, -0.1) is 0 Å². The SMILES string of the molecule is Cc1cccc(-c2nccc(Nc3ccnc(Cc4ccc(CN5CCN(C)CC5)cc4)n3)n2)n1. The molecule has 4 aromatic rings. The molecule has 35 heavy (non-hydrogen) atoms. The molecule has 0 bridgehead atoms. The average Bonchev–Trinajstić information content (AvgIpc) is 2.87. The third kappa shape index (κ3) is 6.23. The summed E-state index contributed by atoms with van der Waals surface area (Å²) in [6, 6.07) is 18.3. The van der Waals surface area contributed by atoms with Gasteiger partial charge in [0.05, 0.1) is 0 Å². The highest BCUT2D eigenvalue weighted by molar-refractivity contribution is 5.56. The van der Waals surface area contributed by atoms with Crippen molar-refractivity contribution in [3.8, 4) is 11.5 Å². The largest absolute Gasteiger partial charge is 0.325 e. The van der Waals surface area contributed by atoms with E-state index in [1.54, 1.807) is 12.4 Å². The van der Waals surface area contributed by atoms with Gasteiger partial charge in [0.1, 0.15) is 23.2 Å². The van der Waals surface area contributed by atoms with Gasteiger partial charge in [-0.25, -0.2) is 24.9 Å². The molecule has 1 aromatic carbocycles. The Kier molecular flexibility index (Phi) is 7.02. The van der Waals surface area contributed by atoms with Crippen LogP contribution >= 0.6 is 0 Å². The lowest BCUT2D eigenvalue weighted by atomic mass is 10.1. The van der Waals surface area contributed by atoms with Gasteiger partial charge in [-0.2, -0.15) is 0 Å². The maximum atomic E-state index is 4.69. The number of nitrogens with one attached hydrogen (secondary N) is 1. The molecule has 4 heterocycles. The molecule has 1 N–H and O–H groups in total. The molecular weight excluding hydrogens is 436 g/mol. The lowest BCUT2D eigenvalue weighted by Crippen LogP contribution is -2.43. The lowest BCUT2D eigenvalue weighted by Gasteiger charge is -2.32. The molecule has 1 aliphatic heterocycles. The molecule has 8 heteroatoms. The Bertz CT molecular complexity index is 1270. The van der Waals surface area contributed by atoms with Crippen LogP contribution in [0.2, 0.25) is 0 Å². The number of anilines is 2. The maximum Gasteiger partial charge on any atom is 0.180 e. The van der Waals surface area contributed by atoms with E-state index in [4.69, 9.17) is 4.98 Å². The highest BCUT2D eigenvalue weighted by Gasteiger charge is 2.14. The van der Waals surface area contributed by atoms with Crippen LogP contribution in [0.15, 0.2) is 67.0 Å². The van der Waals surface area contributed by atoms with E-state index < -0.39 is 0 Å². The molecule has 1 fully saturated rings. The minimum Gasteiger partial charge on any atom is -0.325 e. The van der Waals surface area contributed by atoms with E-state index >= 15 is 0 Å². The van der Waals surface area contributed by atoms with Gasteiger partial charge < -0.3 is 10.2 Å². The molecule has 0 aliphatic carbocycles. The van der Waals surface area contributed by atoms with Crippen molar-refractivity contribution < 1.29 is 0 Å². The fraction of sp³-hybridized carbons (Fsp3) is 0.296. The van der Waals surface area contributed by atoms with Crippen molar-refractivity contribution in [3.05, 3.63) is 89.6 Å². The van der Waals surface area contributed by atoms with Gasteiger partial charge in [0.15, 0.2) is 5.82 Å². The van der Waals surface area contributed by atoms with Crippen molar-refractivity contribution >= 4 is 11.6 Å². The van der Waals surface area contributed by atoms with E-state index in [0.717, 1.165) is 49.9 Å². The van der Waals surface area contributed by atoms with Crippen LogP contribution in [0, 0.1) is 6.92 Å². The number of likely N-dealkylation sites (N-methyl/N-ethyl adjacent to an activating group) is 1. The fourth-order valence-electron chi connectivity index (χ4n) is 4.11. The van der Waals surface area contributed by atoms with Crippen molar-refractivity contribution in [2.24, 2.45) is 0 Å². The Morgan fingerprint density at radius 1 is 0.771 bits per heavy atom. The summed E-state index contributed by atoms with van der Waals surface area (Å²) in [5.74, 6) is 2.70. The van der Waals surface area contributed by atoms with Crippen LogP contribution in [0.25, 0.3) is 11.5 Å². The Morgan fingerprint density at radius 2 is 1.49 bits per heavy atom. The second-order valence-electron chi connectivity index (χ2n) is 8.99. The number of hydrogen-bond acceptors (Lipinski definition) is 8. The van der Waals surface area contributed by atoms with Gasteiger partial charge in [-0.1, -0.05) is 30.3 Å². The Labute approximate surface area is 206 Å². The summed E-state index contributed by atoms with van der Waals surface area (Å²) in [5, 5.41) is 3.27. The zero-order chi connectivity index (χ0) is 24.0. The number of piperazine rings is 1. The quantitative estimate of drug-likeness (QED) is 0.441. The summed E-state index contributed by atoms with van der Waals surface area (Å²) < 4.78 is 0. The molecule has 1 saturated heterocycles. The van der Waals surface area contributed by atoms with Crippen LogP contribution in [0.3, 0.4) is 0 Å². The average molecular weight is 467 g/mol. The van der Waals surface area contributed by atoms with Crippen molar-refractivity contribution in [2.45, 2.75) is 19.9 Å². The van der Waals surface area contributed by atoms with Gasteiger partial charge in [0, 0.05) is 57.2 Å². The molecule has 0 radical (unpaired) electrons. The Hall–Kier alpha value is -3.75. The maximum absolute atomic E-state index is 4.69. The molecule has 1 aliphatic rings. The molecule has 3 aromatic heterocycles. The first kappa shape index (κ1) is 23.0. The first-order valence-electron chi connectivity index (χ1n) is 12.0. The highest BCUT2D eigenvalue weighted by Crippen LogP contribution is 2.18. The van der Waals surface area contributed by atoms with Crippen LogP contribution in [0.1, 0.15) is 22.6 Å². The highest BCUT2D eigenvalue weighted by atomic mass is 15.2. The molecule has 0 unspecified atom stereocenters. The second kappa shape index (κ2) is 10.7. The zero-order valence-corrected chi connectivity index (χ0v) is 20.2. The van der Waals surface area contributed by atoms with Crippen LogP contribution < -0.4 is 5.32 Å². The molecular formula is C27H30N8. The van der Waals surface area contributed by atoms with Crippen LogP contribution in [-0.4, -0.2) is 67.9 Å². The number of aromatic nitrogens is 5. The number of benzene rings is 1. The normalized spacial score (nSPS) is 14.7. The number of rotatable bonds is 7. The Morgan fingerprint density at radius 3 is 2.26 bits per heavy atom. The lowest BCUT2D eigenvalue weighted by molar-refractivity contribution is 0.148. The summed E-state index contributed by atoms with van der Waals surface area (Å²) in [4.78, 5) is 27.5. The first-order chi connectivity index (χ1) is 17.1. The molecule has 5 rings (SSSR count). The Balaban J connectivity index is 1.22. The van der Waals surface area contributed by atoms with Crippen molar-refractivity contribution in [1.29, 1.82) is 0 Å². The third-order valence-electron chi connectivity index (χ3n) is 6.12. The minimum atomic E-state index is 0.574. The van der Waals surface area contributed by atoms with E-state index in [9.17, 15) is 0 Å². The molecule has 8 nitrogen and oxygen atoms in total. The van der Waals surface area contributed by atoms with Crippen molar-refractivity contribution in [3.63, 3.8) is 0 Å². The number of hydrogen-bond donors (Lipinski definition) is 1. The van der Waals surface area contributed by atoms with E-state index in [2.05, 4.69) is 66.4 Å². The molecule has 178 valence electrons. The third-order valence-corrected chi connectivity index (χ3v) is 6.12. The summed E-state index contributed by atoms with van der Waals surface area (Å²) in [6.07, 6.45) is 4.17. The number of aryl methyl sites for hydroxylation is 1. The van der Waals surface area contributed by atoms with E-state index in [1.807, 2.05) is 37.3 Å². The molecule has 0 atom stereocenters. The first-order valence-corrected chi connectivity index (χ1v) is 12.0. The van der Waals surface area contributed by atoms with Gasteiger partial charge in [-0.3, -0.25) is 4.90 Å². The topological polar surface area (TPSA) is 83.0 Å². The molecule has 0 spiro atoms. The fourth-order valence-corrected chi connectivity index (χ4v) is 4.11. The zero-order valence-electron chi connectivity index (χ0n) is 20.2. The van der Waals surface area contributed by atoms with Gasteiger partial charge in [0.25, 0.3) is 0 Å². The van der Waals surface area contributed by atoms with E-state index in [1.165, 1.54) is 11.1 Å². The number of nitrogens with zero attached hydrogens (tertiary/aromatic N) is 7. The smallest absolute Gasteiger partial charge is 0.180 e. The van der Waals surface area contributed by atoms with Gasteiger partial charge >= 0.3 is 0 Å². The minimum absolute atomic E-state index is 0.574. The number of pyridine rings is 1. The standard InChI is InChI=1S/C27H30N8/c1-20-4-3-5-23(30-20)27-29-13-11-25(33-27)31-24-10-12-28-26(32-24)18-21-6-8-22(9-7-21)19-35-16-14-34(2)15-17-35/h3-13H,14-19H2,1-2H3,(H,28,29,31,32,33). The van der Waals surface area contributed by atoms with Crippen LogP contribution in [-0.2, 0) is 13.0 Å². The van der Waals surface area contributed by atoms with Crippen molar-refractivity contribution in [1.82, 2.24) is 34.7 Å². The summed E-state index contributed by atoms with van der Waals surface area (Å²) in [7, 11) is 2.19. The predicted molar refractivity (Wildman–Crippen MR) is 137 cm³/mol. The second-order valence-corrected chi connectivity index (χ2v) is 8.99. The summed E-state index contributed by atoms with van der Waals surface area (Å²) in [5.41, 5.74) is 4.21. The van der Waals surface area contributed by atoms with E-state index in [0.29, 0.717) is 23.9 Å². The monoisotopic (exact) mass is 466 g/mol.